The third-order valence-electron chi connectivity index (χ3n) is 5.45. The second-order valence-electron chi connectivity index (χ2n) is 7.70. The first-order valence-electron chi connectivity index (χ1n) is 10.9. The Balaban J connectivity index is 1.35. The third kappa shape index (κ3) is 5.63. The number of aliphatic imine (C=N–C) groups is 1. The molecule has 1 fully saturated rings. The Hall–Kier alpha value is -3.35. The van der Waals surface area contributed by atoms with E-state index in [0.29, 0.717) is 12.6 Å². The minimum Gasteiger partial charge on any atom is -0.371 e. The summed E-state index contributed by atoms with van der Waals surface area (Å²) >= 11 is 0. The van der Waals surface area contributed by atoms with E-state index >= 15 is 0 Å². The molecular weight excluding hydrogens is 391 g/mol. The molecular formula is C24H29FN6. The zero-order valence-electron chi connectivity index (χ0n) is 17.8. The van der Waals surface area contributed by atoms with Crippen molar-refractivity contribution >= 4 is 11.6 Å². The van der Waals surface area contributed by atoms with Crippen molar-refractivity contribution in [2.45, 2.75) is 32.4 Å². The Bertz CT molecular complexity index is 993. The van der Waals surface area contributed by atoms with Crippen LogP contribution in [-0.2, 0) is 6.54 Å². The van der Waals surface area contributed by atoms with Crippen molar-refractivity contribution in [3.63, 3.8) is 0 Å². The van der Waals surface area contributed by atoms with E-state index in [9.17, 15) is 4.39 Å². The van der Waals surface area contributed by atoms with E-state index in [0.717, 1.165) is 55.4 Å². The minimum absolute atomic E-state index is 0.184. The van der Waals surface area contributed by atoms with Crippen molar-refractivity contribution in [1.82, 2.24) is 20.4 Å². The molecule has 0 aliphatic carbocycles. The molecule has 0 saturated carbocycles. The predicted molar refractivity (Wildman–Crippen MR) is 123 cm³/mol. The number of aromatic nitrogens is 2. The normalized spacial score (nSPS) is 15.2. The highest BCUT2D eigenvalue weighted by atomic mass is 19.1. The molecule has 1 aromatic heterocycles. The molecule has 2 heterocycles. The summed E-state index contributed by atoms with van der Waals surface area (Å²) in [6.07, 6.45) is 5.67. The number of guanidine groups is 1. The van der Waals surface area contributed by atoms with E-state index in [1.807, 2.05) is 35.1 Å². The average molecular weight is 421 g/mol. The van der Waals surface area contributed by atoms with E-state index in [4.69, 9.17) is 4.99 Å². The molecule has 162 valence electrons. The molecule has 2 N–H and O–H groups in total. The Morgan fingerprint density at radius 1 is 1.10 bits per heavy atom. The molecule has 1 aliphatic rings. The van der Waals surface area contributed by atoms with Gasteiger partial charge in [-0.1, -0.05) is 18.2 Å². The Morgan fingerprint density at radius 2 is 1.90 bits per heavy atom. The van der Waals surface area contributed by atoms with E-state index in [1.165, 1.54) is 6.07 Å². The minimum atomic E-state index is -0.184. The number of anilines is 1. The van der Waals surface area contributed by atoms with Gasteiger partial charge in [0.2, 0.25) is 0 Å². The number of nitrogens with zero attached hydrogens (tertiary/aromatic N) is 4. The molecule has 6 nitrogen and oxygen atoms in total. The monoisotopic (exact) mass is 420 g/mol. The molecule has 1 aliphatic heterocycles. The van der Waals surface area contributed by atoms with Gasteiger partial charge in [-0.25, -0.2) is 14.1 Å². The smallest absolute Gasteiger partial charge is 0.191 e. The fourth-order valence-electron chi connectivity index (χ4n) is 3.86. The summed E-state index contributed by atoms with van der Waals surface area (Å²) in [7, 11) is 0. The SMILES string of the molecule is CCNC(=NCc1cccc(-n2cccn2)c1)NC1CCN(c2cccc(F)c2)CC1. The van der Waals surface area contributed by atoms with Crippen molar-refractivity contribution in [2.75, 3.05) is 24.5 Å². The molecule has 31 heavy (non-hydrogen) atoms. The van der Waals surface area contributed by atoms with Crippen LogP contribution in [0.25, 0.3) is 5.69 Å². The first kappa shape index (κ1) is 20.9. The molecule has 0 atom stereocenters. The van der Waals surface area contributed by atoms with E-state index in [2.05, 4.69) is 39.7 Å². The number of rotatable bonds is 6. The van der Waals surface area contributed by atoms with Crippen LogP contribution < -0.4 is 15.5 Å². The fourth-order valence-corrected chi connectivity index (χ4v) is 3.86. The van der Waals surface area contributed by atoms with Gasteiger partial charge >= 0.3 is 0 Å². The molecule has 0 radical (unpaired) electrons. The Kier molecular flexibility index (Phi) is 6.82. The van der Waals surface area contributed by atoms with Crippen LogP contribution >= 0.6 is 0 Å². The summed E-state index contributed by atoms with van der Waals surface area (Å²) in [6.45, 7) is 5.26. The standard InChI is InChI=1S/C24H29FN6/c1-2-26-24(27-18-19-6-3-9-23(16-19)31-13-5-12-28-31)29-21-10-14-30(15-11-21)22-8-4-7-20(25)17-22/h3-9,12-13,16-17,21H,2,10-11,14-15,18H2,1H3,(H2,26,27,29). The summed E-state index contributed by atoms with van der Waals surface area (Å²) < 4.78 is 15.4. The highest BCUT2D eigenvalue weighted by molar-refractivity contribution is 5.80. The first-order chi connectivity index (χ1) is 15.2. The van der Waals surface area contributed by atoms with Crippen molar-refractivity contribution in [3.8, 4) is 5.69 Å². The summed E-state index contributed by atoms with van der Waals surface area (Å²) in [4.78, 5) is 7.03. The van der Waals surface area contributed by atoms with Crippen molar-refractivity contribution < 1.29 is 4.39 Å². The van der Waals surface area contributed by atoms with Crippen LogP contribution in [0, 0.1) is 5.82 Å². The van der Waals surface area contributed by atoms with Gasteiger partial charge in [-0.05, 0) is 61.7 Å². The number of piperidine rings is 1. The molecule has 3 aromatic rings. The molecule has 0 spiro atoms. The lowest BCUT2D eigenvalue weighted by atomic mass is 10.0. The van der Waals surface area contributed by atoms with Gasteiger partial charge in [-0.3, -0.25) is 0 Å². The first-order valence-corrected chi connectivity index (χ1v) is 10.9. The van der Waals surface area contributed by atoms with Gasteiger partial charge < -0.3 is 15.5 Å². The Morgan fingerprint density at radius 3 is 2.65 bits per heavy atom. The molecule has 7 heteroatoms. The molecule has 4 rings (SSSR count). The number of nitrogens with one attached hydrogen (secondary N) is 2. The van der Waals surface area contributed by atoms with Gasteiger partial charge in [0, 0.05) is 43.8 Å². The molecule has 0 bridgehead atoms. The highest BCUT2D eigenvalue weighted by Gasteiger charge is 2.20. The van der Waals surface area contributed by atoms with Crippen molar-refractivity contribution in [2.24, 2.45) is 4.99 Å². The van der Waals surface area contributed by atoms with Crippen LogP contribution in [0.3, 0.4) is 0 Å². The summed E-state index contributed by atoms with van der Waals surface area (Å²) in [6, 6.07) is 17.4. The lowest BCUT2D eigenvalue weighted by Crippen LogP contribution is -2.48. The number of hydrogen-bond donors (Lipinski definition) is 2. The second-order valence-corrected chi connectivity index (χ2v) is 7.70. The van der Waals surface area contributed by atoms with Gasteiger partial charge in [-0.2, -0.15) is 5.10 Å². The van der Waals surface area contributed by atoms with Crippen molar-refractivity contribution in [1.29, 1.82) is 0 Å². The predicted octanol–water partition coefficient (Wildman–Crippen LogP) is 3.74. The molecule has 2 aromatic carbocycles. The van der Waals surface area contributed by atoms with Gasteiger partial charge in [0.25, 0.3) is 0 Å². The van der Waals surface area contributed by atoms with E-state index in [-0.39, 0.29) is 5.82 Å². The summed E-state index contributed by atoms with van der Waals surface area (Å²) in [5.74, 6) is 0.645. The van der Waals surface area contributed by atoms with Crippen LogP contribution in [0.2, 0.25) is 0 Å². The second kappa shape index (κ2) is 10.1. The van der Waals surface area contributed by atoms with Crippen LogP contribution in [0.4, 0.5) is 10.1 Å². The molecule has 0 unspecified atom stereocenters. The summed E-state index contributed by atoms with van der Waals surface area (Å²) in [5.41, 5.74) is 3.11. The number of hydrogen-bond acceptors (Lipinski definition) is 3. The maximum atomic E-state index is 13.5. The fraction of sp³-hybridized carbons (Fsp3) is 0.333. The number of halogens is 1. The topological polar surface area (TPSA) is 57.5 Å². The summed E-state index contributed by atoms with van der Waals surface area (Å²) in [5, 5.41) is 11.2. The largest absolute Gasteiger partial charge is 0.371 e. The van der Waals surface area contributed by atoms with E-state index < -0.39 is 0 Å². The van der Waals surface area contributed by atoms with Gasteiger partial charge in [0.05, 0.1) is 12.2 Å². The zero-order chi connectivity index (χ0) is 21.5. The van der Waals surface area contributed by atoms with Gasteiger partial charge in [0.15, 0.2) is 5.96 Å². The van der Waals surface area contributed by atoms with Gasteiger partial charge in [0.1, 0.15) is 5.82 Å². The van der Waals surface area contributed by atoms with Gasteiger partial charge in [-0.15, -0.1) is 0 Å². The highest BCUT2D eigenvalue weighted by Crippen LogP contribution is 2.20. The average Bonchev–Trinajstić information content (AvgIpc) is 3.33. The zero-order valence-corrected chi connectivity index (χ0v) is 17.8. The lowest BCUT2D eigenvalue weighted by Gasteiger charge is -2.34. The maximum Gasteiger partial charge on any atom is 0.191 e. The van der Waals surface area contributed by atoms with Crippen LogP contribution in [-0.4, -0.2) is 41.4 Å². The molecule has 0 amide bonds. The van der Waals surface area contributed by atoms with Crippen molar-refractivity contribution in [3.05, 3.63) is 78.4 Å². The quantitative estimate of drug-likeness (QED) is 0.471. The maximum absolute atomic E-state index is 13.5. The van der Waals surface area contributed by atoms with E-state index in [1.54, 1.807) is 18.3 Å². The third-order valence-corrected chi connectivity index (χ3v) is 5.45. The van der Waals surface area contributed by atoms with Crippen LogP contribution in [0.15, 0.2) is 72.0 Å². The van der Waals surface area contributed by atoms with Crippen LogP contribution in [0.1, 0.15) is 25.3 Å². The van der Waals surface area contributed by atoms with Crippen LogP contribution in [0.5, 0.6) is 0 Å². The Labute approximate surface area is 182 Å². The number of benzene rings is 2. The lowest BCUT2D eigenvalue weighted by molar-refractivity contribution is 0.461. The molecule has 1 saturated heterocycles.